The third kappa shape index (κ3) is 1.94. The van der Waals surface area contributed by atoms with Crippen molar-refractivity contribution in [3.63, 3.8) is 0 Å². The average molecular weight is 273 g/mol. The smallest absolute Gasteiger partial charge is 0.253 e. The fraction of sp³-hybridized carbons (Fsp3) is 0.300. The molecule has 0 radical (unpaired) electrons. The number of Topliss-reactive ketones (excluding diaryl/α,β-unsaturated/α-hetero) is 1. The molecule has 0 saturated heterocycles. The number of hydrogen-bond acceptors (Lipinski definition) is 6. The highest BCUT2D eigenvalue weighted by Crippen LogP contribution is 2.37. The van der Waals surface area contributed by atoms with Gasteiger partial charge in [-0.05, 0) is 19.1 Å². The summed E-state index contributed by atoms with van der Waals surface area (Å²) in [5.41, 5.74) is -1.57. The molecule has 8 heteroatoms. The molecule has 1 aliphatic rings. The van der Waals surface area contributed by atoms with Crippen LogP contribution in [0.25, 0.3) is 0 Å². The SMILES string of the molecule is CC1(c2ccco2)OC(NS(C)(=O)=O)=C(O)C1=O. The van der Waals surface area contributed by atoms with Gasteiger partial charge >= 0.3 is 0 Å². The average Bonchev–Trinajstić information content (AvgIpc) is 2.83. The van der Waals surface area contributed by atoms with Gasteiger partial charge in [0.1, 0.15) is 0 Å². The maximum Gasteiger partial charge on any atom is 0.253 e. The van der Waals surface area contributed by atoms with Crippen LogP contribution in [0.2, 0.25) is 0 Å². The van der Waals surface area contributed by atoms with Crippen molar-refractivity contribution in [3.8, 4) is 0 Å². The molecule has 1 atom stereocenters. The van der Waals surface area contributed by atoms with E-state index in [0.717, 1.165) is 6.26 Å². The van der Waals surface area contributed by atoms with Crippen LogP contribution < -0.4 is 4.72 Å². The molecule has 0 amide bonds. The predicted molar refractivity (Wildman–Crippen MR) is 59.8 cm³/mol. The zero-order valence-electron chi connectivity index (χ0n) is 9.63. The number of ether oxygens (including phenoxy) is 1. The van der Waals surface area contributed by atoms with E-state index in [1.54, 1.807) is 6.07 Å². The van der Waals surface area contributed by atoms with E-state index in [0.29, 0.717) is 0 Å². The number of hydrogen-bond donors (Lipinski definition) is 2. The summed E-state index contributed by atoms with van der Waals surface area (Å²) < 4.78 is 34.3. The van der Waals surface area contributed by atoms with Gasteiger partial charge in [-0.15, -0.1) is 0 Å². The zero-order chi connectivity index (χ0) is 13.6. The number of aliphatic hydroxyl groups excluding tert-OH is 1. The summed E-state index contributed by atoms with van der Waals surface area (Å²) in [6, 6.07) is 3.05. The van der Waals surface area contributed by atoms with E-state index in [1.807, 2.05) is 4.72 Å². The Balaban J connectivity index is 2.37. The molecule has 0 saturated carbocycles. The highest BCUT2D eigenvalue weighted by atomic mass is 32.2. The molecule has 2 N–H and O–H groups in total. The minimum absolute atomic E-state index is 0.171. The van der Waals surface area contributed by atoms with E-state index >= 15 is 0 Å². The van der Waals surface area contributed by atoms with Crippen LogP contribution in [-0.2, 0) is 25.2 Å². The summed E-state index contributed by atoms with van der Waals surface area (Å²) in [6.45, 7) is 1.38. The van der Waals surface area contributed by atoms with Crippen LogP contribution in [0.1, 0.15) is 12.7 Å². The highest BCUT2D eigenvalue weighted by molar-refractivity contribution is 7.88. The Morgan fingerprint density at radius 1 is 1.44 bits per heavy atom. The lowest BCUT2D eigenvalue weighted by Crippen LogP contribution is -2.31. The number of aliphatic hydroxyl groups is 1. The topological polar surface area (TPSA) is 106 Å². The number of carbonyl (C=O) groups excluding carboxylic acids is 1. The summed E-state index contributed by atoms with van der Waals surface area (Å²) in [5.74, 6) is -1.88. The highest BCUT2D eigenvalue weighted by Gasteiger charge is 2.50. The molecule has 1 aromatic rings. The van der Waals surface area contributed by atoms with E-state index in [2.05, 4.69) is 0 Å². The fourth-order valence-corrected chi connectivity index (χ4v) is 2.05. The summed E-state index contributed by atoms with van der Waals surface area (Å²) >= 11 is 0. The fourth-order valence-electron chi connectivity index (χ4n) is 1.58. The number of sulfonamides is 1. The van der Waals surface area contributed by atoms with Gasteiger partial charge in [0.15, 0.2) is 5.76 Å². The van der Waals surface area contributed by atoms with Crippen molar-refractivity contribution in [1.29, 1.82) is 0 Å². The Labute approximate surface area is 103 Å². The number of furan rings is 1. The van der Waals surface area contributed by atoms with E-state index in [4.69, 9.17) is 9.15 Å². The molecule has 1 unspecified atom stereocenters. The Kier molecular flexibility index (Phi) is 2.62. The Hall–Kier alpha value is -1.96. The third-order valence-corrected chi connectivity index (χ3v) is 3.00. The molecule has 1 aromatic heterocycles. The van der Waals surface area contributed by atoms with Gasteiger partial charge in [0.2, 0.25) is 27.3 Å². The Morgan fingerprint density at radius 3 is 2.61 bits per heavy atom. The van der Waals surface area contributed by atoms with Gasteiger partial charge in [0, 0.05) is 0 Å². The maximum atomic E-state index is 11.9. The van der Waals surface area contributed by atoms with Crippen molar-refractivity contribution in [3.05, 3.63) is 35.8 Å². The first-order valence-electron chi connectivity index (χ1n) is 4.93. The summed E-state index contributed by atoms with van der Waals surface area (Å²) in [5, 5.41) is 9.59. The van der Waals surface area contributed by atoms with Gasteiger partial charge in [-0.2, -0.15) is 0 Å². The van der Waals surface area contributed by atoms with Gasteiger partial charge in [-0.1, -0.05) is 0 Å². The van der Waals surface area contributed by atoms with Crippen molar-refractivity contribution in [2.75, 3.05) is 6.26 Å². The van der Waals surface area contributed by atoms with Crippen LogP contribution in [0.4, 0.5) is 0 Å². The monoisotopic (exact) mass is 273 g/mol. The summed E-state index contributed by atoms with van der Waals surface area (Å²) in [4.78, 5) is 11.9. The van der Waals surface area contributed by atoms with Crippen LogP contribution in [0.15, 0.2) is 34.5 Å². The zero-order valence-corrected chi connectivity index (χ0v) is 10.4. The van der Waals surface area contributed by atoms with Gasteiger partial charge < -0.3 is 14.3 Å². The van der Waals surface area contributed by atoms with Gasteiger partial charge in [0.05, 0.1) is 12.5 Å². The number of nitrogens with one attached hydrogen (secondary N) is 1. The summed E-state index contributed by atoms with van der Waals surface area (Å²) in [7, 11) is -3.66. The lowest BCUT2D eigenvalue weighted by Gasteiger charge is -2.20. The predicted octanol–water partition coefficient (Wildman–Crippen LogP) is 0.370. The van der Waals surface area contributed by atoms with E-state index in [-0.39, 0.29) is 5.76 Å². The van der Waals surface area contributed by atoms with Crippen molar-refractivity contribution < 1.29 is 27.5 Å². The number of ketones is 1. The third-order valence-electron chi connectivity index (χ3n) is 2.44. The van der Waals surface area contributed by atoms with Crippen LogP contribution in [0.3, 0.4) is 0 Å². The second-order valence-electron chi connectivity index (χ2n) is 3.99. The lowest BCUT2D eigenvalue weighted by atomic mass is 9.98. The summed E-state index contributed by atoms with van der Waals surface area (Å²) in [6.07, 6.45) is 2.22. The first-order chi connectivity index (χ1) is 8.24. The standard InChI is InChI=1S/C10H11NO6S/c1-10(6-4-3-5-16-6)8(13)7(12)9(17-10)11-18(2,14)15/h3-5,11-12H,1-2H3. The molecular weight excluding hydrogens is 262 g/mol. The van der Waals surface area contributed by atoms with E-state index in [9.17, 15) is 18.3 Å². The maximum absolute atomic E-state index is 11.9. The second-order valence-corrected chi connectivity index (χ2v) is 5.74. The van der Waals surface area contributed by atoms with Gasteiger partial charge in [-0.25, -0.2) is 8.42 Å². The molecular formula is C10H11NO6S. The van der Waals surface area contributed by atoms with Gasteiger partial charge in [-0.3, -0.25) is 9.52 Å². The first kappa shape index (κ1) is 12.5. The molecule has 2 heterocycles. The minimum atomic E-state index is -3.66. The molecule has 98 valence electrons. The van der Waals surface area contributed by atoms with Crippen molar-refractivity contribution in [1.82, 2.24) is 4.72 Å². The lowest BCUT2D eigenvalue weighted by molar-refractivity contribution is -0.133. The van der Waals surface area contributed by atoms with Gasteiger partial charge in [0.25, 0.3) is 5.78 Å². The number of carbonyl (C=O) groups is 1. The molecule has 7 nitrogen and oxygen atoms in total. The van der Waals surface area contributed by atoms with Crippen molar-refractivity contribution in [2.24, 2.45) is 0 Å². The molecule has 1 aliphatic heterocycles. The van der Waals surface area contributed by atoms with Crippen molar-refractivity contribution in [2.45, 2.75) is 12.5 Å². The van der Waals surface area contributed by atoms with Crippen LogP contribution in [0.5, 0.6) is 0 Å². The molecule has 0 spiro atoms. The molecule has 18 heavy (non-hydrogen) atoms. The molecule has 0 aliphatic carbocycles. The second kappa shape index (κ2) is 3.77. The molecule has 0 aromatic carbocycles. The normalized spacial score (nSPS) is 24.2. The van der Waals surface area contributed by atoms with E-state index in [1.165, 1.54) is 19.3 Å². The van der Waals surface area contributed by atoms with E-state index < -0.39 is 33.0 Å². The molecule has 0 bridgehead atoms. The minimum Gasteiger partial charge on any atom is -0.501 e. The Morgan fingerprint density at radius 2 is 2.11 bits per heavy atom. The van der Waals surface area contributed by atoms with Crippen LogP contribution in [-0.4, -0.2) is 25.6 Å². The first-order valence-corrected chi connectivity index (χ1v) is 6.82. The van der Waals surface area contributed by atoms with Crippen LogP contribution >= 0.6 is 0 Å². The largest absolute Gasteiger partial charge is 0.501 e. The van der Waals surface area contributed by atoms with Crippen LogP contribution in [0, 0.1) is 0 Å². The van der Waals surface area contributed by atoms with Crippen molar-refractivity contribution >= 4 is 15.8 Å². The number of rotatable bonds is 3. The molecule has 2 rings (SSSR count). The quantitative estimate of drug-likeness (QED) is 0.824. The molecule has 0 fully saturated rings. The Bertz CT molecular complexity index is 615.